The molecule has 0 saturated heterocycles. The number of nitrogens with two attached hydrogens (primary N) is 1. The molecule has 4 aromatic rings. The second kappa shape index (κ2) is 9.15. The Hall–Kier alpha value is -4.52. The summed E-state index contributed by atoms with van der Waals surface area (Å²) in [6.07, 6.45) is 0. The van der Waals surface area contributed by atoms with Crippen LogP contribution in [0, 0.1) is 6.92 Å². The van der Waals surface area contributed by atoms with Crippen molar-refractivity contribution in [2.45, 2.75) is 13.5 Å². The van der Waals surface area contributed by atoms with Crippen molar-refractivity contribution in [3.05, 3.63) is 95.2 Å². The van der Waals surface area contributed by atoms with E-state index in [0.29, 0.717) is 17.8 Å². The molecule has 0 aliphatic rings. The lowest BCUT2D eigenvalue weighted by molar-refractivity contribution is -0.135. The molecule has 7 nitrogen and oxygen atoms in total. The van der Waals surface area contributed by atoms with Crippen molar-refractivity contribution >= 4 is 34.3 Å². The number of methoxy groups -OCH3 is 1. The number of hydrogen-bond donors (Lipinski definition) is 1. The maximum absolute atomic E-state index is 12.7. The molecule has 0 radical (unpaired) electrons. The molecule has 1 amide bonds. The fourth-order valence-corrected chi connectivity index (χ4v) is 4.14. The highest BCUT2D eigenvalue weighted by molar-refractivity contribution is 6.48. The van der Waals surface area contributed by atoms with E-state index in [-0.39, 0.29) is 16.5 Å². The van der Waals surface area contributed by atoms with E-state index in [4.69, 9.17) is 5.73 Å². The van der Waals surface area contributed by atoms with Gasteiger partial charge in [0, 0.05) is 23.2 Å². The van der Waals surface area contributed by atoms with Crippen molar-refractivity contribution in [2.24, 2.45) is 5.73 Å². The van der Waals surface area contributed by atoms with Gasteiger partial charge in [-0.2, -0.15) is 0 Å². The topological polar surface area (TPSA) is 108 Å². The van der Waals surface area contributed by atoms with E-state index in [1.165, 1.54) is 6.07 Å². The van der Waals surface area contributed by atoms with Gasteiger partial charge in [-0.15, -0.1) is 0 Å². The van der Waals surface area contributed by atoms with Gasteiger partial charge in [0.1, 0.15) is 0 Å². The van der Waals surface area contributed by atoms with Crippen molar-refractivity contribution in [3.63, 3.8) is 0 Å². The standard InChI is InChI=1S/C27H22N2O5/c1-16-22(25(31)26(28)32)23-20(24(30)27(33)34-2)9-6-10-21(23)29(16)15-17-11-13-19(14-12-17)18-7-4-3-5-8-18/h3-14H,15H2,1-2H3,(H2,28,32). The Labute approximate surface area is 195 Å². The average molecular weight is 454 g/mol. The van der Waals surface area contributed by atoms with Crippen LogP contribution < -0.4 is 5.73 Å². The first-order valence-corrected chi connectivity index (χ1v) is 10.6. The molecule has 4 rings (SSSR count). The minimum Gasteiger partial charge on any atom is -0.463 e. The van der Waals surface area contributed by atoms with Crippen LogP contribution in [0.3, 0.4) is 0 Å². The molecule has 0 fully saturated rings. The largest absolute Gasteiger partial charge is 0.463 e. The van der Waals surface area contributed by atoms with Crippen molar-refractivity contribution in [1.82, 2.24) is 4.57 Å². The summed E-state index contributed by atoms with van der Waals surface area (Å²) in [5, 5.41) is 0.208. The van der Waals surface area contributed by atoms with E-state index in [9.17, 15) is 19.2 Å². The molecule has 7 heteroatoms. The minimum absolute atomic E-state index is 0.0104. The molecule has 0 bridgehead atoms. The average Bonchev–Trinajstić information content (AvgIpc) is 3.14. The van der Waals surface area contributed by atoms with Gasteiger partial charge in [0.05, 0.1) is 18.2 Å². The van der Waals surface area contributed by atoms with Gasteiger partial charge in [0.25, 0.3) is 17.5 Å². The predicted molar refractivity (Wildman–Crippen MR) is 128 cm³/mol. The highest BCUT2D eigenvalue weighted by Crippen LogP contribution is 2.31. The van der Waals surface area contributed by atoms with Gasteiger partial charge in [-0.1, -0.05) is 60.7 Å². The van der Waals surface area contributed by atoms with Crippen LogP contribution in [0.25, 0.3) is 22.0 Å². The molecule has 0 spiro atoms. The van der Waals surface area contributed by atoms with Crippen molar-refractivity contribution in [1.29, 1.82) is 0 Å². The van der Waals surface area contributed by atoms with E-state index in [1.807, 2.05) is 59.2 Å². The van der Waals surface area contributed by atoms with Gasteiger partial charge in [-0.05, 0) is 35.7 Å². The molecule has 0 unspecified atom stereocenters. The number of ketones is 2. The SMILES string of the molecule is COC(=O)C(=O)c1cccc2c1c(C(=O)C(N)=O)c(C)n2Cc1ccc(-c2ccccc2)cc1. The van der Waals surface area contributed by atoms with Gasteiger partial charge >= 0.3 is 5.97 Å². The van der Waals surface area contributed by atoms with Crippen LogP contribution in [0.5, 0.6) is 0 Å². The molecule has 0 aliphatic carbocycles. The lowest BCUT2D eigenvalue weighted by atomic mass is 9.99. The number of rotatable bonds is 7. The van der Waals surface area contributed by atoms with Crippen LogP contribution in [0.1, 0.15) is 32.0 Å². The van der Waals surface area contributed by atoms with Gasteiger partial charge in [0.2, 0.25) is 0 Å². The van der Waals surface area contributed by atoms with Crippen molar-refractivity contribution in [2.75, 3.05) is 7.11 Å². The summed E-state index contributed by atoms with van der Waals surface area (Å²) in [5.74, 6) is -4.04. The number of nitrogens with zero attached hydrogens (tertiary/aromatic N) is 1. The predicted octanol–water partition coefficient (Wildman–Crippen LogP) is 3.69. The Morgan fingerprint density at radius 1 is 0.824 bits per heavy atom. The molecule has 3 aromatic carbocycles. The third-order valence-electron chi connectivity index (χ3n) is 5.82. The smallest absolute Gasteiger partial charge is 0.379 e. The zero-order chi connectivity index (χ0) is 24.4. The van der Waals surface area contributed by atoms with Crippen LogP contribution >= 0.6 is 0 Å². The van der Waals surface area contributed by atoms with Crippen molar-refractivity contribution in [3.8, 4) is 11.1 Å². The zero-order valence-corrected chi connectivity index (χ0v) is 18.7. The molecule has 2 N–H and O–H groups in total. The Bertz CT molecular complexity index is 1430. The molecule has 170 valence electrons. The molecule has 34 heavy (non-hydrogen) atoms. The number of amides is 1. The van der Waals surface area contributed by atoms with E-state index < -0.39 is 23.4 Å². The Morgan fingerprint density at radius 2 is 1.47 bits per heavy atom. The van der Waals surface area contributed by atoms with Gasteiger partial charge in [0.15, 0.2) is 0 Å². The summed E-state index contributed by atoms with van der Waals surface area (Å²) >= 11 is 0. The van der Waals surface area contributed by atoms with Crippen LogP contribution in [0.15, 0.2) is 72.8 Å². The van der Waals surface area contributed by atoms with E-state index in [1.54, 1.807) is 19.1 Å². The quantitative estimate of drug-likeness (QED) is 0.260. The summed E-state index contributed by atoms with van der Waals surface area (Å²) in [5.41, 5.74) is 9.40. The van der Waals surface area contributed by atoms with Gasteiger partial charge < -0.3 is 15.0 Å². The summed E-state index contributed by atoms with van der Waals surface area (Å²) in [7, 11) is 1.10. The minimum atomic E-state index is -1.14. The van der Waals surface area contributed by atoms with Crippen LogP contribution in [-0.4, -0.2) is 35.1 Å². The highest BCUT2D eigenvalue weighted by Gasteiger charge is 2.29. The van der Waals surface area contributed by atoms with E-state index in [2.05, 4.69) is 4.74 Å². The molecular weight excluding hydrogens is 432 g/mol. The highest BCUT2D eigenvalue weighted by atomic mass is 16.5. The molecular formula is C27H22N2O5. The van der Waals surface area contributed by atoms with Crippen LogP contribution in [-0.2, 0) is 20.9 Å². The maximum atomic E-state index is 12.7. The zero-order valence-electron chi connectivity index (χ0n) is 18.7. The normalized spacial score (nSPS) is 10.8. The fraction of sp³-hybridized carbons (Fsp3) is 0.111. The molecule has 0 aliphatic heterocycles. The summed E-state index contributed by atoms with van der Waals surface area (Å²) in [6.45, 7) is 2.06. The number of carbonyl (C=O) groups is 4. The lowest BCUT2D eigenvalue weighted by Crippen LogP contribution is -2.24. The third-order valence-corrected chi connectivity index (χ3v) is 5.82. The number of fused-ring (bicyclic) bond motifs is 1. The monoisotopic (exact) mass is 454 g/mol. The molecule has 0 atom stereocenters. The first kappa shape index (κ1) is 22.7. The molecule has 0 saturated carbocycles. The molecule has 1 aromatic heterocycles. The van der Waals surface area contributed by atoms with Crippen LogP contribution in [0.4, 0.5) is 0 Å². The number of Topliss-reactive ketones (excluding diaryl/α,β-unsaturated/α-hetero) is 2. The van der Waals surface area contributed by atoms with Gasteiger partial charge in [-0.25, -0.2) is 4.79 Å². The first-order chi connectivity index (χ1) is 16.3. The number of ether oxygens (including phenoxy) is 1. The number of hydrogen-bond acceptors (Lipinski definition) is 5. The Morgan fingerprint density at radius 3 is 2.09 bits per heavy atom. The Balaban J connectivity index is 1.84. The first-order valence-electron chi connectivity index (χ1n) is 10.6. The number of benzene rings is 3. The summed E-state index contributed by atoms with van der Waals surface area (Å²) < 4.78 is 6.40. The van der Waals surface area contributed by atoms with Gasteiger partial charge in [-0.3, -0.25) is 14.4 Å². The summed E-state index contributed by atoms with van der Waals surface area (Å²) in [4.78, 5) is 49.2. The third kappa shape index (κ3) is 3.99. The number of primary amides is 1. The Kier molecular flexibility index (Phi) is 6.10. The second-order valence-electron chi connectivity index (χ2n) is 7.82. The number of carbonyl (C=O) groups excluding carboxylic acids is 4. The summed E-state index contributed by atoms with van der Waals surface area (Å²) in [6, 6.07) is 22.7. The maximum Gasteiger partial charge on any atom is 0.379 e. The second-order valence-corrected chi connectivity index (χ2v) is 7.82. The van der Waals surface area contributed by atoms with E-state index in [0.717, 1.165) is 23.8 Å². The number of aromatic nitrogens is 1. The van der Waals surface area contributed by atoms with Crippen molar-refractivity contribution < 1.29 is 23.9 Å². The molecule has 1 heterocycles. The lowest BCUT2D eigenvalue weighted by Gasteiger charge is -2.10. The van der Waals surface area contributed by atoms with Crippen LogP contribution in [0.2, 0.25) is 0 Å². The van der Waals surface area contributed by atoms with E-state index >= 15 is 0 Å². The number of esters is 1. The fourth-order valence-electron chi connectivity index (χ4n) is 4.14.